The van der Waals surface area contributed by atoms with Crippen LogP contribution in [0.15, 0.2) is 52.9 Å². The fourth-order valence-corrected chi connectivity index (χ4v) is 2.22. The van der Waals surface area contributed by atoms with Crippen LogP contribution in [-0.2, 0) is 6.61 Å². The first-order valence-corrected chi connectivity index (χ1v) is 7.68. The van der Waals surface area contributed by atoms with Gasteiger partial charge in [-0.3, -0.25) is 0 Å². The van der Waals surface area contributed by atoms with Gasteiger partial charge in [0.15, 0.2) is 18.1 Å². The van der Waals surface area contributed by atoms with Crippen LogP contribution in [-0.4, -0.2) is 28.5 Å². The summed E-state index contributed by atoms with van der Waals surface area (Å²) in [7, 11) is 0. The van der Waals surface area contributed by atoms with Gasteiger partial charge in [0.25, 0.3) is 5.89 Å². The molecular formula is C17H15ClN2O4. The van der Waals surface area contributed by atoms with Gasteiger partial charge in [-0.1, -0.05) is 29.8 Å². The van der Waals surface area contributed by atoms with E-state index in [0.29, 0.717) is 28.3 Å². The fraction of sp³-hybridized carbons (Fsp3) is 0.176. The molecule has 0 spiro atoms. The minimum absolute atomic E-state index is 0.0685. The Morgan fingerprint density at radius 2 is 1.79 bits per heavy atom. The third kappa shape index (κ3) is 4.04. The molecule has 0 unspecified atom stereocenters. The lowest BCUT2D eigenvalue weighted by Crippen LogP contribution is -2.04. The molecule has 0 saturated carbocycles. The first kappa shape index (κ1) is 16.3. The van der Waals surface area contributed by atoms with Gasteiger partial charge in [0.05, 0.1) is 6.61 Å². The Morgan fingerprint density at radius 3 is 2.54 bits per heavy atom. The van der Waals surface area contributed by atoms with Crippen molar-refractivity contribution >= 4 is 11.6 Å². The number of nitrogens with zero attached hydrogens (tertiary/aromatic N) is 2. The highest BCUT2D eigenvalue weighted by atomic mass is 35.5. The summed E-state index contributed by atoms with van der Waals surface area (Å²) in [5.41, 5.74) is 0.743. The van der Waals surface area contributed by atoms with Crippen LogP contribution in [0.5, 0.6) is 11.5 Å². The lowest BCUT2D eigenvalue weighted by atomic mass is 10.2. The summed E-state index contributed by atoms with van der Waals surface area (Å²) in [5.74, 6) is 1.79. The van der Waals surface area contributed by atoms with Gasteiger partial charge in [-0.2, -0.15) is 0 Å². The second-order valence-corrected chi connectivity index (χ2v) is 5.26. The molecule has 0 atom stereocenters. The summed E-state index contributed by atoms with van der Waals surface area (Å²) in [6.45, 7) is 0.230. The van der Waals surface area contributed by atoms with Gasteiger partial charge in [0.2, 0.25) is 5.89 Å². The average Bonchev–Trinajstić information content (AvgIpc) is 3.08. The molecule has 0 amide bonds. The Hall–Kier alpha value is -2.57. The fourth-order valence-electron chi connectivity index (χ4n) is 2.03. The van der Waals surface area contributed by atoms with E-state index in [-0.39, 0.29) is 19.8 Å². The molecule has 2 aromatic carbocycles. The van der Waals surface area contributed by atoms with Crippen molar-refractivity contribution in [2.75, 3.05) is 13.2 Å². The first-order valence-electron chi connectivity index (χ1n) is 7.30. The second kappa shape index (κ2) is 7.81. The van der Waals surface area contributed by atoms with Gasteiger partial charge in [-0.25, -0.2) is 0 Å². The van der Waals surface area contributed by atoms with E-state index in [1.54, 1.807) is 24.3 Å². The maximum Gasteiger partial charge on any atom is 0.254 e. The van der Waals surface area contributed by atoms with Gasteiger partial charge in [0.1, 0.15) is 6.61 Å². The van der Waals surface area contributed by atoms with Crippen LogP contribution in [0.3, 0.4) is 0 Å². The predicted octanol–water partition coefficient (Wildman–Crippen LogP) is 3.34. The van der Waals surface area contributed by atoms with E-state index in [9.17, 15) is 0 Å². The SMILES string of the molecule is OCCOc1ccccc1OCc1nnc(-c2cccc(Cl)c2)o1. The molecule has 1 heterocycles. The van der Waals surface area contributed by atoms with E-state index in [2.05, 4.69) is 10.2 Å². The number of rotatable bonds is 7. The molecule has 1 aromatic heterocycles. The molecule has 0 aliphatic carbocycles. The number of hydrogen-bond acceptors (Lipinski definition) is 6. The van der Waals surface area contributed by atoms with Crippen molar-refractivity contribution in [2.45, 2.75) is 6.61 Å². The number of para-hydroxylation sites is 2. The summed E-state index contributed by atoms with van der Waals surface area (Å²) in [6.07, 6.45) is 0. The monoisotopic (exact) mass is 346 g/mol. The number of benzene rings is 2. The molecule has 6 nitrogen and oxygen atoms in total. The molecular weight excluding hydrogens is 332 g/mol. The summed E-state index contributed by atoms with van der Waals surface area (Å²) in [5, 5.41) is 17.4. The number of hydrogen-bond donors (Lipinski definition) is 1. The zero-order valence-electron chi connectivity index (χ0n) is 12.7. The van der Waals surface area contributed by atoms with Crippen LogP contribution in [0.25, 0.3) is 11.5 Å². The molecule has 7 heteroatoms. The maximum absolute atomic E-state index is 8.85. The molecule has 0 bridgehead atoms. The van der Waals surface area contributed by atoms with E-state index in [0.717, 1.165) is 5.56 Å². The summed E-state index contributed by atoms with van der Waals surface area (Å²) in [4.78, 5) is 0. The lowest BCUT2D eigenvalue weighted by Gasteiger charge is -2.10. The highest BCUT2D eigenvalue weighted by Gasteiger charge is 2.11. The first-order chi connectivity index (χ1) is 11.8. The summed E-state index contributed by atoms with van der Waals surface area (Å²) in [6, 6.07) is 14.3. The highest BCUT2D eigenvalue weighted by Crippen LogP contribution is 2.27. The van der Waals surface area contributed by atoms with Crippen LogP contribution in [0.2, 0.25) is 5.02 Å². The molecule has 24 heavy (non-hydrogen) atoms. The Labute approximate surface area is 143 Å². The maximum atomic E-state index is 8.85. The van der Waals surface area contributed by atoms with E-state index in [1.807, 2.05) is 24.3 Å². The zero-order chi connectivity index (χ0) is 16.8. The minimum atomic E-state index is -0.0685. The van der Waals surface area contributed by atoms with Gasteiger partial charge in [-0.15, -0.1) is 10.2 Å². The number of aliphatic hydroxyl groups excluding tert-OH is 1. The molecule has 3 rings (SSSR count). The molecule has 0 radical (unpaired) electrons. The predicted molar refractivity (Wildman–Crippen MR) is 88.1 cm³/mol. The molecule has 1 N–H and O–H groups in total. The quantitative estimate of drug-likeness (QED) is 0.707. The van der Waals surface area contributed by atoms with Gasteiger partial charge < -0.3 is 19.0 Å². The molecule has 3 aromatic rings. The minimum Gasteiger partial charge on any atom is -0.487 e. The molecule has 0 aliphatic heterocycles. The normalized spacial score (nSPS) is 10.6. The molecule has 0 aliphatic rings. The smallest absolute Gasteiger partial charge is 0.254 e. The van der Waals surface area contributed by atoms with Crippen LogP contribution in [0.4, 0.5) is 0 Å². The standard InChI is InChI=1S/C17H15ClN2O4/c18-13-5-3-4-12(10-13)17-20-19-16(24-17)11-23-15-7-2-1-6-14(15)22-9-8-21/h1-7,10,21H,8-9,11H2. The van der Waals surface area contributed by atoms with Crippen molar-refractivity contribution < 1.29 is 19.0 Å². The van der Waals surface area contributed by atoms with Crippen molar-refractivity contribution in [3.8, 4) is 23.0 Å². The van der Waals surface area contributed by atoms with E-state index < -0.39 is 0 Å². The lowest BCUT2D eigenvalue weighted by molar-refractivity contribution is 0.189. The molecule has 124 valence electrons. The number of aromatic nitrogens is 2. The van der Waals surface area contributed by atoms with Gasteiger partial charge in [-0.05, 0) is 30.3 Å². The Morgan fingerprint density at radius 1 is 1.00 bits per heavy atom. The summed E-state index contributed by atoms with van der Waals surface area (Å²) >= 11 is 5.96. The van der Waals surface area contributed by atoms with Crippen molar-refractivity contribution in [3.63, 3.8) is 0 Å². The van der Waals surface area contributed by atoms with Gasteiger partial charge >= 0.3 is 0 Å². The third-order valence-electron chi connectivity index (χ3n) is 3.09. The second-order valence-electron chi connectivity index (χ2n) is 4.82. The Kier molecular flexibility index (Phi) is 5.30. The Bertz CT molecular complexity index is 807. The van der Waals surface area contributed by atoms with Crippen LogP contribution >= 0.6 is 11.6 Å². The topological polar surface area (TPSA) is 77.6 Å². The van der Waals surface area contributed by atoms with Crippen LogP contribution < -0.4 is 9.47 Å². The Balaban J connectivity index is 1.68. The van der Waals surface area contributed by atoms with Crippen molar-refractivity contribution in [3.05, 3.63) is 59.4 Å². The molecule has 0 saturated heterocycles. The van der Waals surface area contributed by atoms with Crippen molar-refractivity contribution in [1.29, 1.82) is 0 Å². The zero-order valence-corrected chi connectivity index (χ0v) is 13.4. The van der Waals surface area contributed by atoms with E-state index in [4.69, 9.17) is 30.6 Å². The van der Waals surface area contributed by atoms with E-state index in [1.165, 1.54) is 0 Å². The third-order valence-corrected chi connectivity index (χ3v) is 3.32. The summed E-state index contributed by atoms with van der Waals surface area (Å²) < 4.78 is 16.7. The highest BCUT2D eigenvalue weighted by molar-refractivity contribution is 6.30. The average molecular weight is 347 g/mol. The van der Waals surface area contributed by atoms with Crippen LogP contribution in [0, 0.1) is 0 Å². The largest absolute Gasteiger partial charge is 0.487 e. The van der Waals surface area contributed by atoms with Crippen molar-refractivity contribution in [1.82, 2.24) is 10.2 Å². The number of halogens is 1. The van der Waals surface area contributed by atoms with Crippen molar-refractivity contribution in [2.24, 2.45) is 0 Å². The van der Waals surface area contributed by atoms with E-state index >= 15 is 0 Å². The van der Waals surface area contributed by atoms with Gasteiger partial charge in [0, 0.05) is 10.6 Å². The molecule has 0 fully saturated rings. The van der Waals surface area contributed by atoms with Crippen LogP contribution in [0.1, 0.15) is 5.89 Å². The number of aliphatic hydroxyl groups is 1. The number of ether oxygens (including phenoxy) is 2.